The molecule has 3 N–H and O–H groups in total. The minimum atomic E-state index is -0.279. The van der Waals surface area contributed by atoms with E-state index in [0.717, 1.165) is 30.9 Å². The maximum Gasteiger partial charge on any atom is 0.257 e. The Morgan fingerprint density at radius 3 is 3.08 bits per heavy atom. The van der Waals surface area contributed by atoms with Crippen LogP contribution in [0.15, 0.2) is 18.2 Å². The van der Waals surface area contributed by atoms with E-state index in [1.807, 2.05) is 6.92 Å². The van der Waals surface area contributed by atoms with E-state index in [0.29, 0.717) is 28.7 Å². The maximum absolute atomic E-state index is 12.3. The summed E-state index contributed by atoms with van der Waals surface area (Å²) in [7, 11) is 0. The SMILES string of the molecule is CCCOc1ccc(C(=O)Nc2nnc(C3CCCO3)s2)cc1N. The fourth-order valence-electron chi connectivity index (χ4n) is 2.39. The van der Waals surface area contributed by atoms with Crippen LogP contribution in [-0.4, -0.2) is 29.3 Å². The van der Waals surface area contributed by atoms with Crippen LogP contribution in [0.1, 0.15) is 47.7 Å². The number of amides is 1. The summed E-state index contributed by atoms with van der Waals surface area (Å²) >= 11 is 1.34. The van der Waals surface area contributed by atoms with Gasteiger partial charge in [-0.2, -0.15) is 0 Å². The highest BCUT2D eigenvalue weighted by atomic mass is 32.1. The molecule has 7 nitrogen and oxygen atoms in total. The van der Waals surface area contributed by atoms with Gasteiger partial charge in [0.1, 0.15) is 16.9 Å². The normalized spacial score (nSPS) is 17.0. The van der Waals surface area contributed by atoms with Crippen LogP contribution < -0.4 is 15.8 Å². The Labute approximate surface area is 144 Å². The Hall–Kier alpha value is -2.19. The number of anilines is 2. The second-order valence-electron chi connectivity index (χ2n) is 5.50. The van der Waals surface area contributed by atoms with Gasteiger partial charge < -0.3 is 15.2 Å². The van der Waals surface area contributed by atoms with Crippen LogP contribution in [0.4, 0.5) is 10.8 Å². The first kappa shape index (κ1) is 16.7. The minimum absolute atomic E-state index is 0.00112. The lowest BCUT2D eigenvalue weighted by Crippen LogP contribution is -2.12. The zero-order valence-electron chi connectivity index (χ0n) is 13.4. The van der Waals surface area contributed by atoms with E-state index in [1.165, 1.54) is 11.3 Å². The van der Waals surface area contributed by atoms with Gasteiger partial charge in [0.05, 0.1) is 12.3 Å². The van der Waals surface area contributed by atoms with Gasteiger partial charge in [0.2, 0.25) is 5.13 Å². The van der Waals surface area contributed by atoms with Crippen molar-refractivity contribution in [2.45, 2.75) is 32.3 Å². The first-order chi connectivity index (χ1) is 11.7. The lowest BCUT2D eigenvalue weighted by atomic mass is 10.2. The summed E-state index contributed by atoms with van der Waals surface area (Å²) in [6.45, 7) is 3.36. The lowest BCUT2D eigenvalue weighted by molar-refractivity contribution is 0.102. The van der Waals surface area contributed by atoms with Gasteiger partial charge in [0.15, 0.2) is 0 Å². The molecule has 0 aliphatic carbocycles. The molecule has 1 fully saturated rings. The summed E-state index contributed by atoms with van der Waals surface area (Å²) in [4.78, 5) is 12.3. The van der Waals surface area contributed by atoms with Crippen molar-refractivity contribution in [1.29, 1.82) is 0 Å². The molecule has 1 aliphatic rings. The third-order valence-electron chi connectivity index (χ3n) is 3.60. The minimum Gasteiger partial charge on any atom is -0.491 e. The Morgan fingerprint density at radius 2 is 2.38 bits per heavy atom. The molecule has 128 valence electrons. The van der Waals surface area contributed by atoms with E-state index in [2.05, 4.69) is 15.5 Å². The number of nitrogens with one attached hydrogen (secondary N) is 1. The first-order valence-corrected chi connectivity index (χ1v) is 8.77. The summed E-state index contributed by atoms with van der Waals surface area (Å²) in [5, 5.41) is 12.1. The molecular formula is C16H20N4O3S. The van der Waals surface area contributed by atoms with Gasteiger partial charge in [0, 0.05) is 12.2 Å². The molecule has 2 aromatic rings. The quantitative estimate of drug-likeness (QED) is 0.779. The Bertz CT molecular complexity index is 713. The number of benzene rings is 1. The van der Waals surface area contributed by atoms with Gasteiger partial charge in [-0.15, -0.1) is 10.2 Å². The van der Waals surface area contributed by atoms with E-state index >= 15 is 0 Å². The number of hydrogen-bond acceptors (Lipinski definition) is 7. The molecule has 1 atom stereocenters. The highest BCUT2D eigenvalue weighted by Crippen LogP contribution is 2.32. The number of rotatable bonds is 6. The van der Waals surface area contributed by atoms with Crippen LogP contribution in [0.5, 0.6) is 5.75 Å². The van der Waals surface area contributed by atoms with Crippen molar-refractivity contribution >= 4 is 28.1 Å². The molecule has 1 amide bonds. The molecule has 0 saturated carbocycles. The number of aromatic nitrogens is 2. The van der Waals surface area contributed by atoms with Gasteiger partial charge in [0.25, 0.3) is 5.91 Å². The molecule has 1 aromatic heterocycles. The van der Waals surface area contributed by atoms with Crippen molar-refractivity contribution < 1.29 is 14.3 Å². The molecule has 0 spiro atoms. The van der Waals surface area contributed by atoms with Crippen LogP contribution in [0.25, 0.3) is 0 Å². The molecular weight excluding hydrogens is 328 g/mol. The second-order valence-corrected chi connectivity index (χ2v) is 6.51. The number of nitrogen functional groups attached to an aromatic ring is 1. The van der Waals surface area contributed by atoms with E-state index in [4.69, 9.17) is 15.2 Å². The molecule has 1 unspecified atom stereocenters. The molecule has 1 saturated heterocycles. The van der Waals surface area contributed by atoms with Gasteiger partial charge in [-0.3, -0.25) is 10.1 Å². The van der Waals surface area contributed by atoms with Crippen molar-refractivity contribution in [3.8, 4) is 5.75 Å². The van der Waals surface area contributed by atoms with Gasteiger partial charge in [-0.1, -0.05) is 18.3 Å². The summed E-state index contributed by atoms with van der Waals surface area (Å²) in [6.07, 6.45) is 2.86. The Morgan fingerprint density at radius 1 is 1.50 bits per heavy atom. The number of carbonyl (C=O) groups excluding carboxylic acids is 1. The van der Waals surface area contributed by atoms with Crippen molar-refractivity contribution in [2.24, 2.45) is 0 Å². The number of nitrogens with zero attached hydrogens (tertiary/aromatic N) is 2. The van der Waals surface area contributed by atoms with Crippen LogP contribution >= 0.6 is 11.3 Å². The van der Waals surface area contributed by atoms with Gasteiger partial charge in [-0.25, -0.2) is 0 Å². The van der Waals surface area contributed by atoms with Gasteiger partial charge in [-0.05, 0) is 37.5 Å². The standard InChI is InChI=1S/C16H20N4O3S/c1-2-7-22-12-6-5-10(9-11(12)17)14(21)18-16-20-19-15(24-16)13-4-3-8-23-13/h5-6,9,13H,2-4,7-8,17H2,1H3,(H,18,20,21). The third-order valence-corrected chi connectivity index (χ3v) is 4.53. The Kier molecular flexibility index (Phi) is 5.27. The second kappa shape index (κ2) is 7.59. The first-order valence-electron chi connectivity index (χ1n) is 7.96. The fourth-order valence-corrected chi connectivity index (χ4v) is 3.21. The maximum atomic E-state index is 12.3. The highest BCUT2D eigenvalue weighted by Gasteiger charge is 2.22. The molecule has 1 aromatic carbocycles. The van der Waals surface area contributed by atoms with Crippen LogP contribution in [0.3, 0.4) is 0 Å². The zero-order valence-corrected chi connectivity index (χ0v) is 14.3. The number of nitrogens with two attached hydrogens (primary N) is 1. The molecule has 0 bridgehead atoms. The molecule has 24 heavy (non-hydrogen) atoms. The van der Waals surface area contributed by atoms with Crippen molar-refractivity contribution in [3.05, 3.63) is 28.8 Å². The van der Waals surface area contributed by atoms with Gasteiger partial charge >= 0.3 is 0 Å². The van der Waals surface area contributed by atoms with E-state index in [9.17, 15) is 4.79 Å². The topological polar surface area (TPSA) is 99.4 Å². The third kappa shape index (κ3) is 3.82. The van der Waals surface area contributed by atoms with Crippen molar-refractivity contribution in [2.75, 3.05) is 24.3 Å². The van der Waals surface area contributed by atoms with Crippen molar-refractivity contribution in [1.82, 2.24) is 10.2 Å². The van der Waals surface area contributed by atoms with Crippen LogP contribution in [0.2, 0.25) is 0 Å². The predicted molar refractivity (Wildman–Crippen MR) is 92.4 cm³/mol. The number of carbonyl (C=O) groups is 1. The lowest BCUT2D eigenvalue weighted by Gasteiger charge is -2.09. The van der Waals surface area contributed by atoms with Crippen LogP contribution in [0, 0.1) is 0 Å². The van der Waals surface area contributed by atoms with Crippen LogP contribution in [-0.2, 0) is 4.74 Å². The summed E-state index contributed by atoms with van der Waals surface area (Å²) in [6, 6.07) is 4.98. The Balaban J connectivity index is 1.65. The van der Waals surface area contributed by atoms with Crippen molar-refractivity contribution in [3.63, 3.8) is 0 Å². The molecule has 1 aliphatic heterocycles. The van der Waals surface area contributed by atoms with E-state index < -0.39 is 0 Å². The number of ether oxygens (including phenoxy) is 2. The number of hydrogen-bond donors (Lipinski definition) is 2. The fraction of sp³-hybridized carbons (Fsp3) is 0.438. The molecule has 0 radical (unpaired) electrons. The molecule has 8 heteroatoms. The summed E-state index contributed by atoms with van der Waals surface area (Å²) in [5.74, 6) is 0.309. The summed E-state index contributed by atoms with van der Waals surface area (Å²) < 4.78 is 11.1. The largest absolute Gasteiger partial charge is 0.491 e. The zero-order chi connectivity index (χ0) is 16.9. The average molecular weight is 348 g/mol. The summed E-state index contributed by atoms with van der Waals surface area (Å²) in [5.41, 5.74) is 6.82. The highest BCUT2D eigenvalue weighted by molar-refractivity contribution is 7.15. The monoisotopic (exact) mass is 348 g/mol. The van der Waals surface area contributed by atoms with E-state index in [-0.39, 0.29) is 12.0 Å². The van der Waals surface area contributed by atoms with E-state index in [1.54, 1.807) is 18.2 Å². The molecule has 3 rings (SSSR count). The average Bonchev–Trinajstić information content (AvgIpc) is 3.24. The smallest absolute Gasteiger partial charge is 0.257 e. The molecule has 2 heterocycles. The predicted octanol–water partition coefficient (Wildman–Crippen LogP) is 3.01.